The van der Waals surface area contributed by atoms with Gasteiger partial charge in [-0.2, -0.15) is 0 Å². The molecule has 0 fully saturated rings. The molecule has 0 aliphatic heterocycles. The minimum Gasteiger partial charge on any atom is -0.378 e. The molecule has 0 saturated carbocycles. The van der Waals surface area contributed by atoms with Crippen LogP contribution in [0.4, 0.5) is 0 Å². The molecule has 0 aromatic rings. The van der Waals surface area contributed by atoms with E-state index in [0.717, 1.165) is 0 Å². The van der Waals surface area contributed by atoms with Gasteiger partial charge in [-0.05, 0) is 59.8 Å². The van der Waals surface area contributed by atoms with Crippen molar-refractivity contribution in [2.24, 2.45) is 10.8 Å². The lowest BCUT2D eigenvalue weighted by Crippen LogP contribution is -2.58. The van der Waals surface area contributed by atoms with Gasteiger partial charge < -0.3 is 40.8 Å². The van der Waals surface area contributed by atoms with E-state index in [1.807, 2.05) is 83.1 Å². The molecule has 16 nitrogen and oxygen atoms in total. The number of amides is 5. The summed E-state index contributed by atoms with van der Waals surface area (Å²) in [4.78, 5) is 100. The minimum absolute atomic E-state index is 0.0167. The minimum atomic E-state index is -1.32. The largest absolute Gasteiger partial charge is 0.378 e. The topological polar surface area (TPSA) is 224 Å². The van der Waals surface area contributed by atoms with Crippen LogP contribution < -0.4 is 26.6 Å². The lowest BCUT2D eigenvalue weighted by molar-refractivity contribution is -0.131. The Bertz CT molecular complexity index is 1290. The number of ether oxygens (including phenoxy) is 3. The summed E-state index contributed by atoms with van der Waals surface area (Å²) in [7, 11) is 0. The predicted octanol–water partition coefficient (Wildman–Crippen LogP) is 4.43. The average molecular weight is 868 g/mol. The summed E-state index contributed by atoms with van der Waals surface area (Å²) in [6, 6.07) is 0. The smallest absolute Gasteiger partial charge is 0.222 e. The second-order valence-corrected chi connectivity index (χ2v) is 20.2. The fourth-order valence-electron chi connectivity index (χ4n) is 5.75. The van der Waals surface area contributed by atoms with Crippen molar-refractivity contribution in [3.8, 4) is 0 Å². The van der Waals surface area contributed by atoms with Crippen molar-refractivity contribution in [1.29, 1.82) is 0 Å². The molecule has 0 aliphatic rings. The monoisotopic (exact) mass is 868 g/mol. The molecule has 0 heterocycles. The number of hydrogen-bond acceptors (Lipinski definition) is 11. The molecule has 0 rings (SSSR count). The van der Waals surface area contributed by atoms with E-state index < -0.39 is 27.9 Å². The molecule has 0 bridgehead atoms. The van der Waals surface area contributed by atoms with Gasteiger partial charge in [0.1, 0.15) is 22.9 Å². The maximum absolute atomic E-state index is 13.4. The van der Waals surface area contributed by atoms with Crippen LogP contribution in [0.15, 0.2) is 0 Å². The van der Waals surface area contributed by atoms with Crippen LogP contribution in [-0.2, 0) is 52.6 Å². The molecule has 0 atom stereocenters. The van der Waals surface area contributed by atoms with E-state index in [-0.39, 0.29) is 150 Å². The van der Waals surface area contributed by atoms with Gasteiger partial charge in [0.15, 0.2) is 0 Å². The summed E-state index contributed by atoms with van der Waals surface area (Å²) in [5.41, 5.74) is -2.78. The summed E-state index contributed by atoms with van der Waals surface area (Å²) in [6.45, 7) is 22.3. The molecule has 0 unspecified atom stereocenters. The molecular weight excluding hydrogens is 787 g/mol. The summed E-state index contributed by atoms with van der Waals surface area (Å²) < 4.78 is 17.9. The second-order valence-electron chi connectivity index (χ2n) is 20.2. The lowest BCUT2D eigenvalue weighted by atomic mass is 9.88. The first-order valence-corrected chi connectivity index (χ1v) is 21.8. The molecule has 5 N–H and O–H groups in total. The van der Waals surface area contributed by atoms with Crippen LogP contribution in [0, 0.1) is 10.8 Å². The number of Topliss-reactive ketones (excluding diaryl/α,β-unsaturated/α-hetero) is 3. The van der Waals surface area contributed by atoms with Crippen LogP contribution in [0.5, 0.6) is 0 Å². The first-order chi connectivity index (χ1) is 28.0. The van der Waals surface area contributed by atoms with E-state index in [9.17, 15) is 38.4 Å². The summed E-state index contributed by atoms with van der Waals surface area (Å²) in [6.07, 6.45) is 2.19. The summed E-state index contributed by atoms with van der Waals surface area (Å²) >= 11 is 0. The van der Waals surface area contributed by atoms with Crippen LogP contribution in [0.3, 0.4) is 0 Å². The first kappa shape index (κ1) is 57.2. The quantitative estimate of drug-likeness (QED) is 0.0613. The Labute approximate surface area is 365 Å². The highest BCUT2D eigenvalue weighted by atomic mass is 16.5. The molecule has 5 amide bonds. The Kier molecular flexibility index (Phi) is 26.3. The van der Waals surface area contributed by atoms with E-state index >= 15 is 0 Å². The van der Waals surface area contributed by atoms with Gasteiger partial charge in [0, 0.05) is 93.8 Å². The van der Waals surface area contributed by atoms with Crippen LogP contribution >= 0.6 is 0 Å². The Morgan fingerprint density at radius 3 is 1.21 bits per heavy atom. The van der Waals surface area contributed by atoms with E-state index in [1.165, 1.54) is 0 Å². The van der Waals surface area contributed by atoms with Crippen molar-refractivity contribution in [3.05, 3.63) is 0 Å². The second kappa shape index (κ2) is 28.0. The van der Waals surface area contributed by atoms with E-state index in [0.29, 0.717) is 25.7 Å². The van der Waals surface area contributed by atoms with Crippen LogP contribution in [0.25, 0.3) is 0 Å². The van der Waals surface area contributed by atoms with Gasteiger partial charge >= 0.3 is 0 Å². The van der Waals surface area contributed by atoms with Gasteiger partial charge in [0.25, 0.3) is 0 Å². The summed E-state index contributed by atoms with van der Waals surface area (Å²) in [5, 5.41) is 14.0. The van der Waals surface area contributed by atoms with Crippen molar-refractivity contribution in [2.45, 2.75) is 177 Å². The number of ketones is 3. The molecule has 0 aromatic carbocycles. The number of nitrogens with one attached hydrogen (secondary N) is 5. The zero-order valence-electron chi connectivity index (χ0n) is 39.6. The number of rotatable bonds is 31. The van der Waals surface area contributed by atoms with Crippen LogP contribution in [0.2, 0.25) is 0 Å². The molecule has 0 saturated heterocycles. The van der Waals surface area contributed by atoms with Crippen molar-refractivity contribution >= 4 is 46.9 Å². The number of hydrogen-bond donors (Lipinski definition) is 5. The fourth-order valence-corrected chi connectivity index (χ4v) is 5.75. The maximum atomic E-state index is 13.4. The maximum Gasteiger partial charge on any atom is 0.222 e. The fraction of sp³-hybridized carbons (Fsp3) is 0.822. The molecule has 0 aromatic heterocycles. The third kappa shape index (κ3) is 33.5. The highest BCUT2D eigenvalue weighted by Gasteiger charge is 2.34. The van der Waals surface area contributed by atoms with Gasteiger partial charge in [-0.1, -0.05) is 41.5 Å². The highest BCUT2D eigenvalue weighted by Crippen LogP contribution is 2.21. The first-order valence-electron chi connectivity index (χ1n) is 21.8. The third-order valence-electron chi connectivity index (χ3n) is 8.67. The van der Waals surface area contributed by atoms with Gasteiger partial charge in [0.2, 0.25) is 29.5 Å². The van der Waals surface area contributed by atoms with Crippen molar-refractivity contribution in [3.63, 3.8) is 0 Å². The molecule has 352 valence electrons. The normalized spacial score (nSPS) is 12.3. The van der Waals surface area contributed by atoms with Crippen LogP contribution in [0.1, 0.15) is 160 Å². The molecular formula is C45H81N5O11. The number of carbonyl (C=O) groups excluding carboxylic acids is 8. The molecule has 0 spiro atoms. The molecule has 16 heteroatoms. The Morgan fingerprint density at radius 1 is 0.410 bits per heavy atom. The van der Waals surface area contributed by atoms with Gasteiger partial charge in [0.05, 0.1) is 39.6 Å². The van der Waals surface area contributed by atoms with Crippen molar-refractivity contribution in [1.82, 2.24) is 26.6 Å². The zero-order valence-corrected chi connectivity index (χ0v) is 39.6. The Balaban J connectivity index is 5.76. The SMILES string of the molecule is CC(C)(C)CC(=O)CCCC(=O)CCOCC(COCCC(=O)NCCC(=O)NC(C)(C)C)(COCCC(=O)NCCC(=O)NC(C)(C)C)NC(=O)CCCC(=O)C(C)(C)C. The average Bonchev–Trinajstić information content (AvgIpc) is 3.07. The summed E-state index contributed by atoms with van der Waals surface area (Å²) in [5.74, 6) is -1.40. The van der Waals surface area contributed by atoms with Gasteiger partial charge in [-0.15, -0.1) is 0 Å². The Hall–Kier alpha value is -3.76. The van der Waals surface area contributed by atoms with E-state index in [4.69, 9.17) is 14.2 Å². The van der Waals surface area contributed by atoms with Crippen molar-refractivity contribution < 1.29 is 52.6 Å². The molecule has 0 aliphatic carbocycles. The van der Waals surface area contributed by atoms with E-state index in [2.05, 4.69) is 26.6 Å². The van der Waals surface area contributed by atoms with E-state index in [1.54, 1.807) is 0 Å². The number of carbonyl (C=O) groups is 8. The van der Waals surface area contributed by atoms with Gasteiger partial charge in [-0.25, -0.2) is 0 Å². The van der Waals surface area contributed by atoms with Crippen molar-refractivity contribution in [2.75, 3.05) is 52.7 Å². The Morgan fingerprint density at radius 2 is 0.803 bits per heavy atom. The molecule has 61 heavy (non-hydrogen) atoms. The predicted molar refractivity (Wildman–Crippen MR) is 234 cm³/mol. The standard InChI is InChI=1S/C45H81N5O11/c1-41(2,3)29-34(52)16-13-15-33(51)21-26-59-30-45(50-38(56)18-14-17-35(53)42(4,5)6,31-60-27-22-36(54)46-24-19-39(57)48-43(7,8)9)32-61-28-23-37(55)47-25-20-40(58)49-44(10,11)12/h13-32H2,1-12H3,(H,46,54)(H,47,55)(H,48,57)(H,49,58)(H,50,56). The molecule has 0 radical (unpaired) electrons. The highest BCUT2D eigenvalue weighted by molar-refractivity contribution is 5.85. The van der Waals surface area contributed by atoms with Crippen LogP contribution in [-0.4, -0.2) is 116 Å². The lowest BCUT2D eigenvalue weighted by Gasteiger charge is -2.34. The zero-order chi connectivity index (χ0) is 46.9. The third-order valence-corrected chi connectivity index (χ3v) is 8.67. The van der Waals surface area contributed by atoms with Gasteiger partial charge in [-0.3, -0.25) is 38.4 Å².